The maximum absolute atomic E-state index is 12.0. The van der Waals surface area contributed by atoms with Crippen molar-refractivity contribution in [2.75, 3.05) is 20.8 Å². The molecule has 0 saturated carbocycles. The minimum absolute atomic E-state index is 0.0162. The lowest BCUT2D eigenvalue weighted by Crippen LogP contribution is -2.28. The fourth-order valence-corrected chi connectivity index (χ4v) is 3.05. The molecule has 4 heteroatoms. The standard InChI is InChI=1S/C19H21NO3/c1-22-17-11-15-10-14(16(15)12-18(17)23-2)8-9-20-19(21)13-6-4-3-5-7-13/h3-7,11-12,14H,8-10H2,1-2H3,(H,20,21)/t14-/m0/s1. The fraction of sp³-hybridized carbons (Fsp3) is 0.316. The van der Waals surface area contributed by atoms with Crippen LogP contribution in [-0.2, 0) is 6.42 Å². The molecule has 1 atom stereocenters. The molecule has 0 unspecified atom stereocenters. The minimum atomic E-state index is -0.0162. The number of amides is 1. The number of fused-ring (bicyclic) bond motifs is 1. The molecule has 0 fully saturated rings. The number of nitrogens with one attached hydrogen (secondary N) is 1. The lowest BCUT2D eigenvalue weighted by molar-refractivity contribution is 0.0952. The number of hydrogen-bond donors (Lipinski definition) is 1. The van der Waals surface area contributed by atoms with E-state index in [-0.39, 0.29) is 5.91 Å². The number of rotatable bonds is 6. The number of ether oxygens (including phenoxy) is 2. The quantitative estimate of drug-likeness (QED) is 0.891. The van der Waals surface area contributed by atoms with Crippen LogP contribution in [0.2, 0.25) is 0 Å². The van der Waals surface area contributed by atoms with Crippen LogP contribution in [0, 0.1) is 0 Å². The highest BCUT2D eigenvalue weighted by Crippen LogP contribution is 2.43. The van der Waals surface area contributed by atoms with Gasteiger partial charge in [-0.2, -0.15) is 0 Å². The van der Waals surface area contributed by atoms with E-state index in [0.717, 1.165) is 24.3 Å². The molecule has 4 nitrogen and oxygen atoms in total. The summed E-state index contributed by atoms with van der Waals surface area (Å²) in [6.07, 6.45) is 1.96. The Hall–Kier alpha value is -2.49. The Bertz CT molecular complexity index is 697. The zero-order valence-electron chi connectivity index (χ0n) is 13.5. The van der Waals surface area contributed by atoms with Crippen molar-refractivity contribution in [3.05, 3.63) is 59.2 Å². The molecule has 1 N–H and O–H groups in total. The summed E-state index contributed by atoms with van der Waals surface area (Å²) >= 11 is 0. The van der Waals surface area contributed by atoms with Crippen molar-refractivity contribution in [3.63, 3.8) is 0 Å². The first-order valence-electron chi connectivity index (χ1n) is 7.81. The van der Waals surface area contributed by atoms with Gasteiger partial charge in [-0.05, 0) is 54.2 Å². The van der Waals surface area contributed by atoms with Crippen LogP contribution in [0.25, 0.3) is 0 Å². The first-order chi connectivity index (χ1) is 11.2. The molecule has 0 saturated heterocycles. The van der Waals surface area contributed by atoms with Crippen LogP contribution in [0.4, 0.5) is 0 Å². The van der Waals surface area contributed by atoms with Crippen LogP contribution < -0.4 is 14.8 Å². The van der Waals surface area contributed by atoms with Crippen LogP contribution in [-0.4, -0.2) is 26.7 Å². The maximum atomic E-state index is 12.0. The van der Waals surface area contributed by atoms with Gasteiger partial charge in [0, 0.05) is 12.1 Å². The lowest BCUT2D eigenvalue weighted by atomic mass is 9.75. The monoisotopic (exact) mass is 311 g/mol. The summed E-state index contributed by atoms with van der Waals surface area (Å²) in [5.74, 6) is 2.00. The predicted molar refractivity (Wildman–Crippen MR) is 89.4 cm³/mol. The zero-order valence-corrected chi connectivity index (χ0v) is 13.5. The van der Waals surface area contributed by atoms with Gasteiger partial charge < -0.3 is 14.8 Å². The molecule has 0 heterocycles. The first-order valence-corrected chi connectivity index (χ1v) is 7.81. The SMILES string of the molecule is COc1cc2c(cc1OC)[C@@H](CCNC(=O)c1ccccc1)C2. The summed E-state index contributed by atoms with van der Waals surface area (Å²) < 4.78 is 10.7. The van der Waals surface area contributed by atoms with Crippen molar-refractivity contribution < 1.29 is 14.3 Å². The molecular formula is C19H21NO3. The van der Waals surface area contributed by atoms with Crippen molar-refractivity contribution in [3.8, 4) is 11.5 Å². The van der Waals surface area contributed by atoms with Crippen LogP contribution in [0.3, 0.4) is 0 Å². The predicted octanol–water partition coefficient (Wildman–Crippen LogP) is 3.16. The molecule has 0 radical (unpaired) electrons. The van der Waals surface area contributed by atoms with Crippen molar-refractivity contribution in [2.24, 2.45) is 0 Å². The first kappa shape index (κ1) is 15.4. The summed E-state index contributed by atoms with van der Waals surface area (Å²) in [5.41, 5.74) is 3.31. The summed E-state index contributed by atoms with van der Waals surface area (Å²) in [6, 6.07) is 13.4. The summed E-state index contributed by atoms with van der Waals surface area (Å²) in [5, 5.41) is 2.99. The van der Waals surface area contributed by atoms with Gasteiger partial charge in [-0.25, -0.2) is 0 Å². The number of carbonyl (C=O) groups excluding carboxylic acids is 1. The molecule has 23 heavy (non-hydrogen) atoms. The molecule has 1 aliphatic carbocycles. The topological polar surface area (TPSA) is 47.6 Å². The molecule has 0 spiro atoms. The van der Waals surface area contributed by atoms with E-state index in [1.54, 1.807) is 14.2 Å². The van der Waals surface area contributed by atoms with E-state index in [0.29, 0.717) is 18.0 Å². The van der Waals surface area contributed by atoms with Crippen LogP contribution in [0.5, 0.6) is 11.5 Å². The van der Waals surface area contributed by atoms with Crippen LogP contribution >= 0.6 is 0 Å². The second-order valence-corrected chi connectivity index (χ2v) is 5.72. The van der Waals surface area contributed by atoms with E-state index >= 15 is 0 Å². The lowest BCUT2D eigenvalue weighted by Gasteiger charge is -2.31. The molecule has 120 valence electrons. The molecular weight excluding hydrogens is 290 g/mol. The second-order valence-electron chi connectivity index (χ2n) is 5.72. The van der Waals surface area contributed by atoms with E-state index in [1.807, 2.05) is 36.4 Å². The van der Waals surface area contributed by atoms with E-state index in [9.17, 15) is 4.79 Å². The minimum Gasteiger partial charge on any atom is -0.493 e. The van der Waals surface area contributed by atoms with Gasteiger partial charge in [0.15, 0.2) is 11.5 Å². The van der Waals surface area contributed by atoms with E-state index < -0.39 is 0 Å². The third-order valence-corrected chi connectivity index (χ3v) is 4.37. The smallest absolute Gasteiger partial charge is 0.251 e. The normalized spacial score (nSPS) is 15.3. The largest absolute Gasteiger partial charge is 0.493 e. The van der Waals surface area contributed by atoms with Gasteiger partial charge in [0.05, 0.1) is 14.2 Å². The Morgan fingerprint density at radius 1 is 1.13 bits per heavy atom. The fourth-order valence-electron chi connectivity index (χ4n) is 3.05. The molecule has 0 aromatic heterocycles. The molecule has 1 aliphatic rings. The van der Waals surface area contributed by atoms with E-state index in [4.69, 9.17) is 9.47 Å². The molecule has 2 aromatic carbocycles. The molecule has 2 aromatic rings. The van der Waals surface area contributed by atoms with Gasteiger partial charge in [0.1, 0.15) is 0 Å². The highest BCUT2D eigenvalue weighted by molar-refractivity contribution is 5.94. The van der Waals surface area contributed by atoms with Gasteiger partial charge in [-0.15, -0.1) is 0 Å². The Morgan fingerprint density at radius 2 is 1.83 bits per heavy atom. The van der Waals surface area contributed by atoms with Crippen molar-refractivity contribution >= 4 is 5.91 Å². The average Bonchev–Trinajstić information content (AvgIpc) is 2.59. The Morgan fingerprint density at radius 3 is 2.52 bits per heavy atom. The highest BCUT2D eigenvalue weighted by Gasteiger charge is 2.28. The molecule has 1 amide bonds. The van der Waals surface area contributed by atoms with Gasteiger partial charge >= 0.3 is 0 Å². The average molecular weight is 311 g/mol. The summed E-state index contributed by atoms with van der Waals surface area (Å²) in [4.78, 5) is 12.0. The van der Waals surface area contributed by atoms with Crippen LogP contribution in [0.1, 0.15) is 33.8 Å². The summed E-state index contributed by atoms with van der Waals surface area (Å²) in [7, 11) is 3.30. The van der Waals surface area contributed by atoms with E-state index in [1.165, 1.54) is 11.1 Å². The second kappa shape index (κ2) is 6.73. The summed E-state index contributed by atoms with van der Waals surface area (Å²) in [6.45, 7) is 0.673. The van der Waals surface area contributed by atoms with Gasteiger partial charge in [0.25, 0.3) is 5.91 Å². The van der Waals surface area contributed by atoms with E-state index in [2.05, 4.69) is 11.4 Å². The Kier molecular flexibility index (Phi) is 4.51. The number of methoxy groups -OCH3 is 2. The van der Waals surface area contributed by atoms with Gasteiger partial charge in [-0.3, -0.25) is 4.79 Å². The third kappa shape index (κ3) is 3.16. The maximum Gasteiger partial charge on any atom is 0.251 e. The number of carbonyl (C=O) groups is 1. The molecule has 0 bridgehead atoms. The highest BCUT2D eigenvalue weighted by atomic mass is 16.5. The third-order valence-electron chi connectivity index (χ3n) is 4.37. The number of hydrogen-bond acceptors (Lipinski definition) is 3. The molecule has 0 aliphatic heterocycles. The van der Waals surface area contributed by atoms with Gasteiger partial charge in [0.2, 0.25) is 0 Å². The number of benzene rings is 2. The zero-order chi connectivity index (χ0) is 16.2. The van der Waals surface area contributed by atoms with Crippen molar-refractivity contribution in [1.82, 2.24) is 5.32 Å². The van der Waals surface area contributed by atoms with Crippen LogP contribution in [0.15, 0.2) is 42.5 Å². The molecule has 3 rings (SSSR count). The van der Waals surface area contributed by atoms with Crippen molar-refractivity contribution in [2.45, 2.75) is 18.8 Å². The Balaban J connectivity index is 1.56. The van der Waals surface area contributed by atoms with Crippen molar-refractivity contribution in [1.29, 1.82) is 0 Å². The Labute approximate surface area is 136 Å². The van der Waals surface area contributed by atoms with Gasteiger partial charge in [-0.1, -0.05) is 18.2 Å².